The van der Waals surface area contributed by atoms with Crippen LogP contribution in [0.15, 0.2) is 64.6 Å². The van der Waals surface area contributed by atoms with E-state index in [1.165, 1.54) is 0 Å². The molecule has 2 amide bonds. The molecule has 1 atom stereocenters. The number of aryl methyl sites for hydroxylation is 1. The van der Waals surface area contributed by atoms with Crippen LogP contribution in [0.2, 0.25) is 0 Å². The third kappa shape index (κ3) is 7.35. The van der Waals surface area contributed by atoms with Crippen LogP contribution in [0.1, 0.15) is 38.3 Å². The van der Waals surface area contributed by atoms with E-state index in [-0.39, 0.29) is 0 Å². The fraction of sp³-hybridized carbons (Fsp3) is 0.348. The number of nitrogens with zero attached hydrogens (tertiary/aromatic N) is 2. The quantitative estimate of drug-likeness (QED) is 0.366. The minimum absolute atomic E-state index is 0.332. The topological polar surface area (TPSA) is 63.0 Å². The van der Waals surface area contributed by atoms with Gasteiger partial charge in [-0.05, 0) is 36.3 Å². The van der Waals surface area contributed by atoms with Crippen molar-refractivity contribution < 1.29 is 9.53 Å². The Morgan fingerprint density at radius 3 is 2.68 bits per heavy atom. The summed E-state index contributed by atoms with van der Waals surface area (Å²) in [6.07, 6.45) is 9.97. The Morgan fingerprint density at radius 2 is 2.07 bits per heavy atom. The van der Waals surface area contributed by atoms with Gasteiger partial charge in [0.25, 0.3) is 0 Å². The molecule has 28 heavy (non-hydrogen) atoms. The normalized spacial score (nSPS) is 12.9. The number of hydrogen-bond acceptors (Lipinski definition) is 3. The van der Waals surface area contributed by atoms with Gasteiger partial charge in [0.1, 0.15) is 18.2 Å². The van der Waals surface area contributed by atoms with Crippen molar-refractivity contribution in [2.75, 3.05) is 13.7 Å². The minimum atomic E-state index is -0.558. The summed E-state index contributed by atoms with van der Waals surface area (Å²) < 4.78 is 5.99. The highest BCUT2D eigenvalue weighted by atomic mass is 16.5. The molecular weight excluding hydrogens is 350 g/mol. The van der Waals surface area contributed by atoms with Crippen LogP contribution in [0.5, 0.6) is 5.75 Å². The third-order valence-electron chi connectivity index (χ3n) is 4.26. The van der Waals surface area contributed by atoms with Crippen LogP contribution in [0, 0.1) is 5.92 Å². The summed E-state index contributed by atoms with van der Waals surface area (Å²) in [6, 6.07) is 5.20. The number of ether oxygens (including phenoxy) is 1. The van der Waals surface area contributed by atoms with Gasteiger partial charge >= 0.3 is 6.03 Å². The molecule has 0 spiro atoms. The average molecular weight is 382 g/mol. The summed E-state index contributed by atoms with van der Waals surface area (Å²) in [5, 5.41) is 2.65. The van der Waals surface area contributed by atoms with Crippen LogP contribution in [-0.2, 0) is 6.42 Å². The summed E-state index contributed by atoms with van der Waals surface area (Å²) in [4.78, 5) is 19.2. The zero-order valence-corrected chi connectivity index (χ0v) is 17.4. The highest BCUT2D eigenvalue weighted by Crippen LogP contribution is 2.24. The number of carbonyl (C=O) groups is 1. The van der Waals surface area contributed by atoms with Gasteiger partial charge in [0.05, 0.1) is 5.56 Å². The fourth-order valence-corrected chi connectivity index (χ4v) is 2.43. The van der Waals surface area contributed by atoms with E-state index in [0.717, 1.165) is 29.5 Å². The van der Waals surface area contributed by atoms with Gasteiger partial charge in [-0.3, -0.25) is 10.3 Å². The van der Waals surface area contributed by atoms with E-state index in [0.29, 0.717) is 24.1 Å². The van der Waals surface area contributed by atoms with Crippen LogP contribution in [0.3, 0.4) is 0 Å². The number of hydrogen-bond donors (Lipinski definition) is 1. The number of rotatable bonds is 9. The monoisotopic (exact) mass is 381 g/mol. The third-order valence-corrected chi connectivity index (χ3v) is 4.26. The molecule has 0 heterocycles. The molecule has 1 rings (SSSR count). The number of amidine groups is 1. The van der Waals surface area contributed by atoms with Crippen LogP contribution in [0.4, 0.5) is 4.79 Å². The number of allylic oxidation sites excluding steroid dienone is 3. The van der Waals surface area contributed by atoms with Crippen molar-refractivity contribution >= 4 is 18.6 Å². The van der Waals surface area contributed by atoms with Gasteiger partial charge in [0, 0.05) is 7.05 Å². The van der Waals surface area contributed by atoms with Crippen molar-refractivity contribution in [2.45, 2.75) is 33.6 Å². The molecule has 150 valence electrons. The number of aliphatic imine (C=N–C) groups is 2. The van der Waals surface area contributed by atoms with Gasteiger partial charge in [-0.2, -0.15) is 0 Å². The van der Waals surface area contributed by atoms with Crippen molar-refractivity contribution in [1.29, 1.82) is 0 Å². The molecule has 0 aliphatic carbocycles. The highest BCUT2D eigenvalue weighted by Gasteiger charge is 2.16. The SMILES string of the molecule is C=NC(=O)NC(=NC)c1c(CC)cccc1OCC(=C)/C=C\C=C/C(C)CC. The molecule has 1 N–H and O–H groups in total. The lowest BCUT2D eigenvalue weighted by Crippen LogP contribution is -2.30. The number of benzene rings is 1. The standard InChI is InChI=1S/C23H31N3O2/c1-7-17(3)12-9-10-13-18(4)16-28-20-15-11-14-19(8-2)21(20)22(24-5)26-23(27)25-6/h9-15,17H,4,6-8,16H2,1-3,5H3,(H,24,26,27)/b12-9-,13-10-. The van der Waals surface area contributed by atoms with E-state index >= 15 is 0 Å². The van der Waals surface area contributed by atoms with Crippen molar-refractivity contribution in [3.63, 3.8) is 0 Å². The smallest absolute Gasteiger partial charge is 0.345 e. The minimum Gasteiger partial charge on any atom is -0.488 e. The van der Waals surface area contributed by atoms with E-state index in [2.05, 4.69) is 48.5 Å². The molecule has 0 aliphatic rings. The summed E-state index contributed by atoms with van der Waals surface area (Å²) in [5.74, 6) is 1.59. The van der Waals surface area contributed by atoms with Gasteiger partial charge in [0.15, 0.2) is 0 Å². The van der Waals surface area contributed by atoms with Crippen molar-refractivity contribution in [1.82, 2.24) is 5.32 Å². The zero-order valence-electron chi connectivity index (χ0n) is 17.4. The Kier molecular flexibility index (Phi) is 10.3. The Morgan fingerprint density at radius 1 is 1.32 bits per heavy atom. The first kappa shape index (κ1) is 23.1. The first-order chi connectivity index (χ1) is 13.5. The summed E-state index contributed by atoms with van der Waals surface area (Å²) >= 11 is 0. The van der Waals surface area contributed by atoms with Crippen molar-refractivity contribution in [3.8, 4) is 5.75 Å². The first-order valence-corrected chi connectivity index (χ1v) is 9.48. The second kappa shape index (κ2) is 12.4. The largest absolute Gasteiger partial charge is 0.488 e. The summed E-state index contributed by atoms with van der Waals surface area (Å²) in [6.45, 7) is 14.0. The molecular formula is C23H31N3O2. The highest BCUT2D eigenvalue weighted by molar-refractivity contribution is 6.10. The molecule has 1 aromatic carbocycles. The molecule has 0 aliphatic heterocycles. The molecule has 5 nitrogen and oxygen atoms in total. The second-order valence-electron chi connectivity index (χ2n) is 6.38. The molecule has 0 radical (unpaired) electrons. The summed E-state index contributed by atoms with van der Waals surface area (Å²) in [7, 11) is 1.61. The predicted octanol–water partition coefficient (Wildman–Crippen LogP) is 5.13. The van der Waals surface area contributed by atoms with Crippen LogP contribution in [-0.4, -0.2) is 32.2 Å². The molecule has 0 aromatic heterocycles. The van der Waals surface area contributed by atoms with E-state index in [1.807, 2.05) is 43.4 Å². The lowest BCUT2D eigenvalue weighted by atomic mass is 10.0. The summed E-state index contributed by atoms with van der Waals surface area (Å²) in [5.41, 5.74) is 2.60. The number of nitrogens with one attached hydrogen (secondary N) is 1. The Bertz CT molecular complexity index is 776. The van der Waals surface area contributed by atoms with Gasteiger partial charge < -0.3 is 4.74 Å². The maximum atomic E-state index is 11.7. The van der Waals surface area contributed by atoms with E-state index < -0.39 is 6.03 Å². The van der Waals surface area contributed by atoms with Crippen molar-refractivity contribution in [3.05, 3.63) is 65.8 Å². The molecule has 5 heteroatoms. The molecule has 1 aromatic rings. The number of amides is 2. The fourth-order valence-electron chi connectivity index (χ4n) is 2.43. The van der Waals surface area contributed by atoms with Gasteiger partial charge in [0.2, 0.25) is 0 Å². The second-order valence-corrected chi connectivity index (χ2v) is 6.38. The van der Waals surface area contributed by atoms with E-state index in [1.54, 1.807) is 7.05 Å². The van der Waals surface area contributed by atoms with Crippen LogP contribution in [0.25, 0.3) is 0 Å². The average Bonchev–Trinajstić information content (AvgIpc) is 2.72. The molecule has 0 bridgehead atoms. The predicted molar refractivity (Wildman–Crippen MR) is 119 cm³/mol. The van der Waals surface area contributed by atoms with E-state index in [9.17, 15) is 4.79 Å². The maximum Gasteiger partial charge on any atom is 0.345 e. The van der Waals surface area contributed by atoms with Gasteiger partial charge in [-0.15, -0.1) is 0 Å². The molecule has 0 saturated heterocycles. The zero-order chi connectivity index (χ0) is 20.9. The number of urea groups is 1. The molecule has 1 unspecified atom stereocenters. The Hall–Kier alpha value is -2.95. The Balaban J connectivity index is 2.95. The van der Waals surface area contributed by atoms with Crippen LogP contribution >= 0.6 is 0 Å². The molecule has 0 saturated carbocycles. The molecule has 0 fully saturated rings. The number of carbonyl (C=O) groups excluding carboxylic acids is 1. The van der Waals surface area contributed by atoms with Crippen molar-refractivity contribution in [2.24, 2.45) is 15.9 Å². The van der Waals surface area contributed by atoms with E-state index in [4.69, 9.17) is 4.74 Å². The Labute approximate surface area is 168 Å². The lowest BCUT2D eigenvalue weighted by molar-refractivity contribution is 0.253. The van der Waals surface area contributed by atoms with Gasteiger partial charge in [-0.25, -0.2) is 9.79 Å². The van der Waals surface area contributed by atoms with Crippen LogP contribution < -0.4 is 10.1 Å². The van der Waals surface area contributed by atoms with Gasteiger partial charge in [-0.1, -0.05) is 70.2 Å². The first-order valence-electron chi connectivity index (χ1n) is 9.48. The lowest BCUT2D eigenvalue weighted by Gasteiger charge is -2.16. The maximum absolute atomic E-state index is 11.7.